The van der Waals surface area contributed by atoms with Crippen molar-refractivity contribution >= 4 is 34.8 Å². The number of ether oxygens (including phenoxy) is 2. The van der Waals surface area contributed by atoms with Crippen molar-refractivity contribution < 1.29 is 24.2 Å². The summed E-state index contributed by atoms with van der Waals surface area (Å²) in [5, 5.41) is 24.6. The molecule has 7 nitrogen and oxygen atoms in total. The fourth-order valence-corrected chi connectivity index (χ4v) is 5.56. The fraction of sp³-hybridized carbons (Fsp3) is 0.286. The number of fused-ring (bicyclic) bond motifs is 1. The Morgan fingerprint density at radius 2 is 1.79 bits per heavy atom. The van der Waals surface area contributed by atoms with Crippen LogP contribution < -0.4 is 9.47 Å². The summed E-state index contributed by atoms with van der Waals surface area (Å²) >= 11 is 19.5. The van der Waals surface area contributed by atoms with Gasteiger partial charge in [-0.05, 0) is 55.5 Å². The Morgan fingerprint density at radius 3 is 2.50 bits per heavy atom. The molecule has 1 saturated carbocycles. The number of aliphatic hydroxyl groups is 2. The van der Waals surface area contributed by atoms with Gasteiger partial charge in [0.05, 0.1) is 20.6 Å². The van der Waals surface area contributed by atoms with Gasteiger partial charge in [0.15, 0.2) is 6.29 Å². The van der Waals surface area contributed by atoms with Crippen LogP contribution in [-0.2, 0) is 13.0 Å². The minimum atomic E-state index is -1.51. The molecule has 10 heteroatoms. The lowest BCUT2D eigenvalue weighted by molar-refractivity contribution is -0.0426. The van der Waals surface area contributed by atoms with Crippen molar-refractivity contribution in [1.29, 1.82) is 0 Å². The van der Waals surface area contributed by atoms with Gasteiger partial charge in [-0.1, -0.05) is 52.1 Å². The van der Waals surface area contributed by atoms with Gasteiger partial charge in [0.1, 0.15) is 29.9 Å². The van der Waals surface area contributed by atoms with Crippen molar-refractivity contribution in [2.24, 2.45) is 0 Å². The third-order valence-electron chi connectivity index (χ3n) is 6.86. The first-order valence-corrected chi connectivity index (χ1v) is 13.4. The lowest BCUT2D eigenvalue weighted by Gasteiger charge is -2.27. The number of aliphatic hydroxyl groups excluding tert-OH is 1. The molecule has 2 N–H and O–H groups in total. The van der Waals surface area contributed by atoms with Crippen molar-refractivity contribution in [1.82, 2.24) is 10.1 Å². The number of benzene rings is 2. The first kappa shape index (κ1) is 25.5. The first-order valence-electron chi connectivity index (χ1n) is 12.3. The predicted octanol–water partition coefficient (Wildman–Crippen LogP) is 7.20. The zero-order valence-corrected chi connectivity index (χ0v) is 22.3. The van der Waals surface area contributed by atoms with Crippen LogP contribution in [0.1, 0.15) is 65.6 Å². The van der Waals surface area contributed by atoms with Crippen LogP contribution in [0.5, 0.6) is 11.6 Å². The van der Waals surface area contributed by atoms with Gasteiger partial charge in [-0.25, -0.2) is 4.98 Å². The second-order valence-corrected chi connectivity index (χ2v) is 10.7. The second kappa shape index (κ2) is 10.4. The summed E-state index contributed by atoms with van der Waals surface area (Å²) < 4.78 is 17.9. The van der Waals surface area contributed by atoms with Crippen LogP contribution in [0.4, 0.5) is 0 Å². The van der Waals surface area contributed by atoms with E-state index in [-0.39, 0.29) is 12.7 Å². The third kappa shape index (κ3) is 4.97. The van der Waals surface area contributed by atoms with Gasteiger partial charge in [0.25, 0.3) is 0 Å². The van der Waals surface area contributed by atoms with E-state index in [1.807, 2.05) is 0 Å². The highest BCUT2D eigenvalue weighted by atomic mass is 35.5. The minimum absolute atomic E-state index is 0.168. The quantitative estimate of drug-likeness (QED) is 0.226. The smallest absolute Gasteiger partial charge is 0.215 e. The minimum Gasteiger partial charge on any atom is -0.485 e. The fourth-order valence-electron chi connectivity index (χ4n) is 4.72. The van der Waals surface area contributed by atoms with Crippen molar-refractivity contribution in [2.75, 3.05) is 0 Å². The second-order valence-electron chi connectivity index (χ2n) is 9.46. The molecule has 0 saturated heterocycles. The summed E-state index contributed by atoms with van der Waals surface area (Å²) in [4.78, 5) is 4.48. The number of aromatic nitrogens is 2. The number of halogens is 3. The Hall–Kier alpha value is -2.81. The van der Waals surface area contributed by atoms with Gasteiger partial charge in [0.2, 0.25) is 5.88 Å². The summed E-state index contributed by atoms with van der Waals surface area (Å²) in [6.07, 6.45) is 3.31. The van der Waals surface area contributed by atoms with Gasteiger partial charge in [-0.3, -0.25) is 0 Å². The standard InChI is InChI=1S/C28H23Cl3N2O5/c29-19-2-1-3-20(30)25(19)26-18(27(38-33-26)14-4-5-14)13-36-24-11-21(31)17(12-32-24)23-9-6-15-10-16(28(34)35)7-8-22(15)37-23/h1-3,7-8,10-12,14,23,28,34-35H,4-6,9,13H2. The van der Waals surface area contributed by atoms with Crippen LogP contribution in [0.3, 0.4) is 0 Å². The molecule has 2 aliphatic rings. The van der Waals surface area contributed by atoms with E-state index in [2.05, 4.69) is 10.1 Å². The molecule has 4 aromatic rings. The van der Waals surface area contributed by atoms with Crippen LogP contribution in [0, 0.1) is 0 Å². The van der Waals surface area contributed by atoms with Crippen LogP contribution in [-0.4, -0.2) is 20.4 Å². The van der Waals surface area contributed by atoms with E-state index < -0.39 is 6.29 Å². The predicted molar refractivity (Wildman–Crippen MR) is 143 cm³/mol. The summed E-state index contributed by atoms with van der Waals surface area (Å²) in [7, 11) is 0. The Labute approximate surface area is 233 Å². The molecule has 1 aliphatic heterocycles. The number of hydrogen-bond acceptors (Lipinski definition) is 7. The maximum atomic E-state index is 9.42. The lowest BCUT2D eigenvalue weighted by atomic mass is 9.97. The highest BCUT2D eigenvalue weighted by molar-refractivity contribution is 6.39. The number of rotatable bonds is 7. The highest BCUT2D eigenvalue weighted by Gasteiger charge is 2.34. The Kier molecular flexibility index (Phi) is 6.97. The van der Waals surface area contributed by atoms with Gasteiger partial charge in [-0.15, -0.1) is 0 Å². The Bertz CT molecular complexity index is 1480. The van der Waals surface area contributed by atoms with Crippen molar-refractivity contribution in [2.45, 2.75) is 50.6 Å². The third-order valence-corrected chi connectivity index (χ3v) is 7.82. The van der Waals surface area contributed by atoms with E-state index in [0.717, 1.165) is 35.3 Å². The van der Waals surface area contributed by atoms with Gasteiger partial charge in [-0.2, -0.15) is 0 Å². The Morgan fingerprint density at radius 1 is 1.00 bits per heavy atom. The molecule has 0 bridgehead atoms. The molecule has 38 heavy (non-hydrogen) atoms. The van der Waals surface area contributed by atoms with Gasteiger partial charge < -0.3 is 24.2 Å². The summed E-state index contributed by atoms with van der Waals surface area (Å²) in [5.41, 5.74) is 4.08. The normalized spacial score (nSPS) is 16.8. The SMILES string of the molecule is OC(O)c1ccc2c(c1)CCC(c1cnc(OCc3c(-c4c(Cl)cccc4Cl)noc3C3CC3)cc1Cl)O2. The van der Waals surface area contributed by atoms with Gasteiger partial charge >= 0.3 is 0 Å². The maximum absolute atomic E-state index is 9.42. The number of nitrogens with zero attached hydrogens (tertiary/aromatic N) is 2. The maximum Gasteiger partial charge on any atom is 0.215 e. The first-order chi connectivity index (χ1) is 18.4. The number of hydrogen-bond donors (Lipinski definition) is 2. The molecule has 3 heterocycles. The molecular weight excluding hydrogens is 551 g/mol. The molecule has 196 valence electrons. The molecule has 2 aromatic carbocycles. The molecule has 0 spiro atoms. The summed E-state index contributed by atoms with van der Waals surface area (Å²) in [5.74, 6) is 2.13. The largest absolute Gasteiger partial charge is 0.485 e. The van der Waals surface area contributed by atoms with Crippen LogP contribution >= 0.6 is 34.8 Å². The van der Waals surface area contributed by atoms with Crippen LogP contribution in [0.25, 0.3) is 11.3 Å². The molecule has 2 aromatic heterocycles. The Balaban J connectivity index is 1.21. The zero-order valence-electron chi connectivity index (χ0n) is 20.0. The van der Waals surface area contributed by atoms with Crippen LogP contribution in [0.15, 0.2) is 53.2 Å². The summed E-state index contributed by atoms with van der Waals surface area (Å²) in [6, 6.07) is 12.1. The summed E-state index contributed by atoms with van der Waals surface area (Å²) in [6.45, 7) is 0.168. The van der Waals surface area contributed by atoms with Gasteiger partial charge in [0, 0.05) is 34.9 Å². The zero-order chi connectivity index (χ0) is 26.4. The van der Waals surface area contributed by atoms with Crippen molar-refractivity contribution in [3.8, 4) is 22.9 Å². The molecule has 0 radical (unpaired) electrons. The van der Waals surface area contributed by atoms with Crippen molar-refractivity contribution in [3.63, 3.8) is 0 Å². The number of aryl methyl sites for hydroxylation is 1. The van der Waals surface area contributed by atoms with E-state index in [1.165, 1.54) is 0 Å². The molecule has 1 atom stereocenters. The molecular formula is C28H23Cl3N2O5. The average molecular weight is 574 g/mol. The van der Waals surface area contributed by atoms with Crippen LogP contribution in [0.2, 0.25) is 15.1 Å². The topological polar surface area (TPSA) is 97.8 Å². The van der Waals surface area contributed by atoms with Crippen molar-refractivity contribution in [3.05, 3.63) is 91.7 Å². The monoisotopic (exact) mass is 572 g/mol. The molecule has 1 aliphatic carbocycles. The number of pyridine rings is 1. The lowest BCUT2D eigenvalue weighted by Crippen LogP contribution is -2.16. The molecule has 1 unspecified atom stereocenters. The van der Waals surface area contributed by atoms with E-state index in [0.29, 0.717) is 62.3 Å². The molecule has 1 fully saturated rings. The van der Waals surface area contributed by atoms with E-state index in [1.54, 1.807) is 48.7 Å². The highest BCUT2D eigenvalue weighted by Crippen LogP contribution is 2.46. The van der Waals surface area contributed by atoms with E-state index in [4.69, 9.17) is 48.8 Å². The molecule has 0 amide bonds. The van der Waals surface area contributed by atoms with E-state index in [9.17, 15) is 10.2 Å². The molecule has 6 rings (SSSR count). The van der Waals surface area contributed by atoms with E-state index >= 15 is 0 Å². The average Bonchev–Trinajstić information content (AvgIpc) is 3.67.